The summed E-state index contributed by atoms with van der Waals surface area (Å²) in [6, 6.07) is 6.74. The lowest BCUT2D eigenvalue weighted by Crippen LogP contribution is -1.90. The van der Waals surface area contributed by atoms with Gasteiger partial charge in [0, 0.05) is 5.30 Å². The van der Waals surface area contributed by atoms with Crippen LogP contribution in [0.5, 0.6) is 0 Å². The quantitative estimate of drug-likeness (QED) is 0.593. The first-order valence-electron chi connectivity index (χ1n) is 2.87. The van der Waals surface area contributed by atoms with E-state index in [1.165, 1.54) is 0 Å². The molecule has 3 heteroatoms. The molecule has 10 heavy (non-hydrogen) atoms. The Morgan fingerprint density at radius 1 is 1.20 bits per heavy atom. The zero-order valence-electron chi connectivity index (χ0n) is 5.28. The van der Waals surface area contributed by atoms with Gasteiger partial charge >= 0.3 is 0 Å². The molecule has 0 N–H and O–H groups in total. The van der Waals surface area contributed by atoms with Crippen LogP contribution in [-0.2, 0) is 16.3 Å². The van der Waals surface area contributed by atoms with E-state index in [1.807, 2.05) is 0 Å². The normalized spacial score (nSPS) is 10.1. The molecular formula is C7H6O2P. The van der Waals surface area contributed by atoms with Gasteiger partial charge in [-0.1, -0.05) is 12.1 Å². The average molecular weight is 153 g/mol. The van der Waals surface area contributed by atoms with Crippen LogP contribution >= 0.6 is 8.46 Å². The Labute approximate surface area is 60.7 Å². The summed E-state index contributed by atoms with van der Waals surface area (Å²) in [5.74, 6) is 0. The molecule has 0 unspecified atom stereocenters. The lowest BCUT2D eigenvalue weighted by Gasteiger charge is -1.91. The summed E-state index contributed by atoms with van der Waals surface area (Å²) in [6.45, 7) is -0.212. The lowest BCUT2D eigenvalue weighted by molar-refractivity contribution is 0.177. The van der Waals surface area contributed by atoms with Gasteiger partial charge in [0.05, 0.1) is 0 Å². The molecule has 1 aromatic carbocycles. The SMILES string of the molecule is [O]Cc1ccc(P=O)cc1. The van der Waals surface area contributed by atoms with Crippen LogP contribution in [0, 0.1) is 0 Å². The van der Waals surface area contributed by atoms with Gasteiger partial charge in [0.1, 0.15) is 6.61 Å². The van der Waals surface area contributed by atoms with Crippen LogP contribution < -0.4 is 5.30 Å². The van der Waals surface area contributed by atoms with Crippen molar-refractivity contribution in [2.45, 2.75) is 6.61 Å². The van der Waals surface area contributed by atoms with Gasteiger partial charge in [-0.05, 0) is 17.7 Å². The van der Waals surface area contributed by atoms with Gasteiger partial charge in [-0.2, -0.15) is 0 Å². The smallest absolute Gasteiger partial charge is 0.192 e. The van der Waals surface area contributed by atoms with Crippen molar-refractivity contribution in [1.82, 2.24) is 0 Å². The van der Waals surface area contributed by atoms with Gasteiger partial charge in [-0.15, -0.1) is 0 Å². The highest BCUT2D eigenvalue weighted by Crippen LogP contribution is 2.00. The summed E-state index contributed by atoms with van der Waals surface area (Å²) in [5.41, 5.74) is 0.729. The van der Waals surface area contributed by atoms with Crippen molar-refractivity contribution in [2.75, 3.05) is 0 Å². The molecule has 0 atom stereocenters. The average Bonchev–Trinajstić information content (AvgIpc) is 2.05. The highest BCUT2D eigenvalue weighted by molar-refractivity contribution is 7.34. The molecule has 1 radical (unpaired) electrons. The fourth-order valence-corrected chi connectivity index (χ4v) is 0.924. The summed E-state index contributed by atoms with van der Waals surface area (Å²) in [5, 5.41) is 11.0. The molecule has 2 nitrogen and oxygen atoms in total. The Morgan fingerprint density at radius 2 is 1.80 bits per heavy atom. The van der Waals surface area contributed by atoms with E-state index in [9.17, 15) is 9.67 Å². The van der Waals surface area contributed by atoms with Crippen LogP contribution in [-0.4, -0.2) is 0 Å². The molecule has 0 aliphatic carbocycles. The molecule has 0 saturated carbocycles. The van der Waals surface area contributed by atoms with E-state index in [-0.39, 0.29) is 15.1 Å². The molecule has 1 rings (SSSR count). The lowest BCUT2D eigenvalue weighted by atomic mass is 10.2. The van der Waals surface area contributed by atoms with Gasteiger partial charge in [-0.3, -0.25) is 4.57 Å². The van der Waals surface area contributed by atoms with Crippen LogP contribution in [0.15, 0.2) is 24.3 Å². The molecule has 0 aliphatic heterocycles. The van der Waals surface area contributed by atoms with E-state index < -0.39 is 0 Å². The van der Waals surface area contributed by atoms with E-state index in [2.05, 4.69) is 0 Å². The summed E-state index contributed by atoms with van der Waals surface area (Å²) in [7, 11) is 0.00586. The molecular weight excluding hydrogens is 147 g/mol. The van der Waals surface area contributed by atoms with E-state index in [4.69, 9.17) is 0 Å². The third kappa shape index (κ3) is 1.63. The Kier molecular flexibility index (Phi) is 2.55. The highest BCUT2D eigenvalue weighted by atomic mass is 31.1. The minimum absolute atomic E-state index is 0.00586. The maximum atomic E-state index is 10.3. The molecule has 0 fully saturated rings. The van der Waals surface area contributed by atoms with Crippen molar-refractivity contribution in [3.8, 4) is 0 Å². The van der Waals surface area contributed by atoms with E-state index in [0.717, 1.165) is 5.56 Å². The summed E-state index contributed by atoms with van der Waals surface area (Å²) < 4.78 is 10.2. The minimum Gasteiger partial charge on any atom is -0.269 e. The second-order valence-electron chi connectivity index (χ2n) is 1.90. The highest BCUT2D eigenvalue weighted by Gasteiger charge is 1.91. The molecule has 0 bridgehead atoms. The number of rotatable bonds is 2. The fraction of sp³-hybridized carbons (Fsp3) is 0.143. The minimum atomic E-state index is -0.212. The van der Waals surface area contributed by atoms with Crippen LogP contribution in [0.25, 0.3) is 0 Å². The second-order valence-corrected chi connectivity index (χ2v) is 2.60. The van der Waals surface area contributed by atoms with Crippen LogP contribution in [0.3, 0.4) is 0 Å². The van der Waals surface area contributed by atoms with Gasteiger partial charge in [-0.25, -0.2) is 5.11 Å². The fourth-order valence-electron chi connectivity index (χ4n) is 0.653. The van der Waals surface area contributed by atoms with Crippen molar-refractivity contribution in [3.05, 3.63) is 29.8 Å². The van der Waals surface area contributed by atoms with Crippen molar-refractivity contribution < 1.29 is 9.67 Å². The third-order valence-corrected chi connectivity index (χ3v) is 1.72. The Morgan fingerprint density at radius 3 is 2.20 bits per heavy atom. The maximum absolute atomic E-state index is 10.3. The zero-order valence-corrected chi connectivity index (χ0v) is 6.17. The van der Waals surface area contributed by atoms with Crippen LogP contribution in [0.1, 0.15) is 5.56 Å². The van der Waals surface area contributed by atoms with Crippen molar-refractivity contribution in [2.24, 2.45) is 0 Å². The second kappa shape index (κ2) is 3.45. The molecule has 0 aromatic heterocycles. The van der Waals surface area contributed by atoms with Gasteiger partial charge in [0.2, 0.25) is 0 Å². The monoisotopic (exact) mass is 153 g/mol. The van der Waals surface area contributed by atoms with E-state index in [0.29, 0.717) is 5.30 Å². The topological polar surface area (TPSA) is 37.0 Å². The predicted octanol–water partition coefficient (Wildman–Crippen LogP) is 1.53. The van der Waals surface area contributed by atoms with Crippen LogP contribution in [0.4, 0.5) is 0 Å². The third-order valence-electron chi connectivity index (χ3n) is 1.21. The largest absolute Gasteiger partial charge is 0.269 e. The van der Waals surface area contributed by atoms with Gasteiger partial charge in [0.15, 0.2) is 8.46 Å². The first kappa shape index (κ1) is 7.39. The van der Waals surface area contributed by atoms with Crippen molar-refractivity contribution >= 4 is 13.8 Å². The maximum Gasteiger partial charge on any atom is 0.192 e. The van der Waals surface area contributed by atoms with Gasteiger partial charge in [0.25, 0.3) is 0 Å². The number of hydrogen-bond donors (Lipinski definition) is 0. The van der Waals surface area contributed by atoms with E-state index in [1.54, 1.807) is 24.3 Å². The van der Waals surface area contributed by atoms with Gasteiger partial charge < -0.3 is 0 Å². The van der Waals surface area contributed by atoms with E-state index >= 15 is 0 Å². The molecule has 1 aromatic rings. The summed E-state index contributed by atoms with van der Waals surface area (Å²) in [4.78, 5) is 0. The molecule has 0 heterocycles. The number of benzene rings is 1. The van der Waals surface area contributed by atoms with Crippen molar-refractivity contribution in [3.63, 3.8) is 0 Å². The molecule has 51 valence electrons. The summed E-state index contributed by atoms with van der Waals surface area (Å²) in [6.07, 6.45) is 0. The molecule has 0 aliphatic rings. The number of hydrogen-bond acceptors (Lipinski definition) is 1. The Balaban J connectivity index is 2.90. The Hall–Kier alpha value is -0.720. The molecule has 0 spiro atoms. The predicted molar refractivity (Wildman–Crippen MR) is 38.1 cm³/mol. The summed E-state index contributed by atoms with van der Waals surface area (Å²) >= 11 is 0. The van der Waals surface area contributed by atoms with Crippen molar-refractivity contribution in [1.29, 1.82) is 0 Å². The molecule has 0 saturated heterocycles. The first-order valence-corrected chi connectivity index (χ1v) is 3.68. The Bertz CT molecular complexity index is 218. The molecule has 0 amide bonds. The first-order chi connectivity index (χ1) is 4.86. The standard InChI is InChI=1S/C7H6O2P/c8-5-6-1-3-7(10-9)4-2-6/h1-4H,5H2. The van der Waals surface area contributed by atoms with Crippen LogP contribution in [0.2, 0.25) is 0 Å². The zero-order chi connectivity index (χ0) is 7.40.